The molecule has 1 N–H and O–H groups in total. The van der Waals surface area contributed by atoms with Gasteiger partial charge < -0.3 is 9.64 Å². The van der Waals surface area contributed by atoms with Gasteiger partial charge in [-0.1, -0.05) is 0 Å². The lowest BCUT2D eigenvalue weighted by molar-refractivity contribution is 0.0955. The maximum Gasteiger partial charge on any atom is 0.271 e. The van der Waals surface area contributed by atoms with Crippen molar-refractivity contribution in [2.24, 2.45) is 5.10 Å². The fourth-order valence-corrected chi connectivity index (χ4v) is 3.71. The number of hydrogen-bond donors (Lipinski definition) is 1. The fourth-order valence-electron chi connectivity index (χ4n) is 2.78. The van der Waals surface area contributed by atoms with Crippen LogP contribution in [-0.2, 0) is 0 Å². The van der Waals surface area contributed by atoms with Crippen LogP contribution >= 0.6 is 11.3 Å². The summed E-state index contributed by atoms with van der Waals surface area (Å²) in [6, 6.07) is 11.2. The zero-order valence-electron chi connectivity index (χ0n) is 14.4. The zero-order valence-corrected chi connectivity index (χ0v) is 15.2. The van der Waals surface area contributed by atoms with Gasteiger partial charge in [-0.25, -0.2) is 5.43 Å². The topological polar surface area (TPSA) is 53.9 Å². The molecular formula is C19H23N3O2S. The van der Waals surface area contributed by atoms with Crippen molar-refractivity contribution < 1.29 is 9.53 Å². The molecule has 1 aliphatic heterocycles. The van der Waals surface area contributed by atoms with Crippen LogP contribution in [0.25, 0.3) is 0 Å². The summed E-state index contributed by atoms with van der Waals surface area (Å²) in [5, 5.41) is 5.35. The van der Waals surface area contributed by atoms with Crippen LogP contribution in [0.15, 0.2) is 41.5 Å². The van der Waals surface area contributed by atoms with Gasteiger partial charge in [0.1, 0.15) is 5.75 Å². The molecule has 3 rings (SSSR count). The number of amides is 1. The Labute approximate surface area is 152 Å². The van der Waals surface area contributed by atoms with Crippen LogP contribution in [0.4, 0.5) is 5.00 Å². The molecule has 2 aromatic rings. The van der Waals surface area contributed by atoms with E-state index >= 15 is 0 Å². The molecular weight excluding hydrogens is 334 g/mol. The van der Waals surface area contributed by atoms with Gasteiger partial charge in [0.15, 0.2) is 0 Å². The minimum Gasteiger partial charge on any atom is -0.494 e. The highest BCUT2D eigenvalue weighted by atomic mass is 32.1. The fraction of sp³-hybridized carbons (Fsp3) is 0.368. The number of thiophene rings is 1. The van der Waals surface area contributed by atoms with Crippen LogP contribution in [0.1, 0.15) is 41.4 Å². The largest absolute Gasteiger partial charge is 0.494 e. The van der Waals surface area contributed by atoms with Gasteiger partial charge in [0.25, 0.3) is 5.91 Å². The molecule has 0 atom stereocenters. The summed E-state index contributed by atoms with van der Waals surface area (Å²) in [6.07, 6.45) is 5.55. The molecule has 6 heteroatoms. The van der Waals surface area contributed by atoms with Gasteiger partial charge in [0, 0.05) is 23.5 Å². The summed E-state index contributed by atoms with van der Waals surface area (Å²) in [6.45, 7) is 4.80. The zero-order chi connectivity index (χ0) is 17.5. The van der Waals surface area contributed by atoms with E-state index in [1.807, 2.05) is 13.0 Å². The molecule has 1 fully saturated rings. The van der Waals surface area contributed by atoms with Crippen molar-refractivity contribution in [1.29, 1.82) is 0 Å². The van der Waals surface area contributed by atoms with Crippen molar-refractivity contribution in [2.45, 2.75) is 26.2 Å². The first-order valence-corrected chi connectivity index (χ1v) is 9.49. The highest BCUT2D eigenvalue weighted by Gasteiger charge is 2.12. The second-order valence-corrected chi connectivity index (χ2v) is 6.97. The number of carbonyl (C=O) groups is 1. The Morgan fingerprint density at radius 1 is 1.20 bits per heavy atom. The minimum absolute atomic E-state index is 0.230. The number of hydrazone groups is 1. The molecule has 25 heavy (non-hydrogen) atoms. The average molecular weight is 357 g/mol. The van der Waals surface area contributed by atoms with E-state index in [4.69, 9.17) is 4.74 Å². The number of ether oxygens (including phenoxy) is 1. The number of nitrogens with one attached hydrogen (secondary N) is 1. The van der Waals surface area contributed by atoms with Crippen molar-refractivity contribution in [3.63, 3.8) is 0 Å². The third-order valence-electron chi connectivity index (χ3n) is 4.07. The van der Waals surface area contributed by atoms with Gasteiger partial charge >= 0.3 is 0 Å². The van der Waals surface area contributed by atoms with E-state index in [2.05, 4.69) is 21.5 Å². The molecule has 0 spiro atoms. The Kier molecular flexibility index (Phi) is 6.06. The lowest BCUT2D eigenvalue weighted by Crippen LogP contribution is -2.28. The van der Waals surface area contributed by atoms with Gasteiger partial charge in [-0.15, -0.1) is 11.3 Å². The maximum atomic E-state index is 12.1. The summed E-state index contributed by atoms with van der Waals surface area (Å²) >= 11 is 1.70. The van der Waals surface area contributed by atoms with E-state index < -0.39 is 0 Å². The van der Waals surface area contributed by atoms with Crippen molar-refractivity contribution >= 4 is 28.5 Å². The first-order chi connectivity index (χ1) is 12.3. The second kappa shape index (κ2) is 8.67. The van der Waals surface area contributed by atoms with Crippen molar-refractivity contribution in [1.82, 2.24) is 5.43 Å². The molecule has 1 aliphatic rings. The molecule has 5 nitrogen and oxygen atoms in total. The quantitative estimate of drug-likeness (QED) is 0.630. The van der Waals surface area contributed by atoms with Gasteiger partial charge in [-0.2, -0.15) is 5.10 Å². The summed E-state index contributed by atoms with van der Waals surface area (Å²) in [5.41, 5.74) is 3.13. The molecule has 2 heterocycles. The first kappa shape index (κ1) is 17.5. The van der Waals surface area contributed by atoms with Crippen LogP contribution in [0.3, 0.4) is 0 Å². The highest BCUT2D eigenvalue weighted by molar-refractivity contribution is 7.17. The monoisotopic (exact) mass is 357 g/mol. The lowest BCUT2D eigenvalue weighted by atomic mass is 10.1. The molecule has 132 valence electrons. The van der Waals surface area contributed by atoms with E-state index in [1.165, 1.54) is 24.3 Å². The van der Waals surface area contributed by atoms with E-state index in [9.17, 15) is 4.79 Å². The molecule has 0 bridgehead atoms. The van der Waals surface area contributed by atoms with Crippen LogP contribution < -0.4 is 15.1 Å². The Morgan fingerprint density at radius 2 is 1.96 bits per heavy atom. The van der Waals surface area contributed by atoms with E-state index in [0.29, 0.717) is 12.2 Å². The second-order valence-electron chi connectivity index (χ2n) is 5.88. The molecule has 0 unspecified atom stereocenters. The SMILES string of the molecule is CCOc1ccc(C(=O)N/N=C\c2ccc(N3CCCCC3)s2)cc1. The molecule has 1 aromatic carbocycles. The van der Waals surface area contributed by atoms with Gasteiger partial charge in [0.05, 0.1) is 17.8 Å². The summed E-state index contributed by atoms with van der Waals surface area (Å²) in [5.74, 6) is 0.526. The van der Waals surface area contributed by atoms with Crippen molar-refractivity contribution in [3.05, 3.63) is 46.8 Å². The Balaban J connectivity index is 1.53. The Morgan fingerprint density at radius 3 is 2.68 bits per heavy atom. The van der Waals surface area contributed by atoms with Gasteiger partial charge in [-0.3, -0.25) is 4.79 Å². The minimum atomic E-state index is -0.230. The number of piperidine rings is 1. The number of rotatable bonds is 6. The molecule has 1 saturated heterocycles. The van der Waals surface area contributed by atoms with E-state index in [0.717, 1.165) is 23.7 Å². The number of carbonyl (C=O) groups excluding carboxylic acids is 1. The molecule has 0 saturated carbocycles. The highest BCUT2D eigenvalue weighted by Crippen LogP contribution is 2.27. The third kappa shape index (κ3) is 4.82. The normalized spacial score (nSPS) is 14.7. The third-order valence-corrected chi connectivity index (χ3v) is 5.15. The molecule has 0 radical (unpaired) electrons. The number of benzene rings is 1. The summed E-state index contributed by atoms with van der Waals surface area (Å²) in [7, 11) is 0. The average Bonchev–Trinajstić information content (AvgIpc) is 3.12. The number of hydrogen-bond acceptors (Lipinski definition) is 5. The Hall–Kier alpha value is -2.34. The first-order valence-electron chi connectivity index (χ1n) is 8.67. The molecule has 1 amide bonds. The molecule has 1 aromatic heterocycles. The lowest BCUT2D eigenvalue weighted by Gasteiger charge is -2.27. The van der Waals surface area contributed by atoms with Crippen LogP contribution in [0.2, 0.25) is 0 Å². The van der Waals surface area contributed by atoms with Crippen LogP contribution in [-0.4, -0.2) is 31.8 Å². The summed E-state index contributed by atoms with van der Waals surface area (Å²) < 4.78 is 5.37. The smallest absolute Gasteiger partial charge is 0.271 e. The predicted molar refractivity (Wildman–Crippen MR) is 103 cm³/mol. The maximum absolute atomic E-state index is 12.1. The van der Waals surface area contributed by atoms with Gasteiger partial charge in [-0.05, 0) is 62.6 Å². The van der Waals surface area contributed by atoms with E-state index in [1.54, 1.807) is 41.8 Å². The van der Waals surface area contributed by atoms with Crippen LogP contribution in [0, 0.1) is 0 Å². The van der Waals surface area contributed by atoms with Crippen molar-refractivity contribution in [2.75, 3.05) is 24.6 Å². The standard InChI is InChI=1S/C19H23N3O2S/c1-2-24-16-8-6-15(7-9-16)19(23)21-20-14-17-10-11-18(25-17)22-12-4-3-5-13-22/h6-11,14H,2-5,12-13H2,1H3,(H,21,23)/b20-14-. The van der Waals surface area contributed by atoms with Gasteiger partial charge in [0.2, 0.25) is 0 Å². The van der Waals surface area contributed by atoms with E-state index in [-0.39, 0.29) is 5.91 Å². The number of nitrogens with zero attached hydrogens (tertiary/aromatic N) is 2. The van der Waals surface area contributed by atoms with Crippen molar-refractivity contribution in [3.8, 4) is 5.75 Å². The predicted octanol–water partition coefficient (Wildman–Crippen LogP) is 3.90. The van der Waals surface area contributed by atoms with Crippen LogP contribution in [0.5, 0.6) is 5.75 Å². The number of anilines is 1. The summed E-state index contributed by atoms with van der Waals surface area (Å²) in [4.78, 5) is 15.5. The Bertz CT molecular complexity index is 719. The molecule has 0 aliphatic carbocycles.